The molecule has 1 unspecified atom stereocenters. The predicted molar refractivity (Wildman–Crippen MR) is 84.4 cm³/mol. The Balaban J connectivity index is 2.42. The molecular formula is C15H22BrClFN. The Labute approximate surface area is 129 Å². The fraction of sp³-hybridized carbons (Fsp3) is 0.600. The quantitative estimate of drug-likeness (QED) is 0.667. The SMILES string of the molecule is CC(CCNC(C)C)CCc1cc(Cl)c(Br)cc1F. The summed E-state index contributed by atoms with van der Waals surface area (Å²) in [6, 6.07) is 3.69. The summed E-state index contributed by atoms with van der Waals surface area (Å²) in [6.07, 6.45) is 2.83. The highest BCUT2D eigenvalue weighted by atomic mass is 79.9. The maximum absolute atomic E-state index is 13.7. The van der Waals surface area contributed by atoms with Crippen molar-refractivity contribution in [3.63, 3.8) is 0 Å². The van der Waals surface area contributed by atoms with Crippen LogP contribution < -0.4 is 5.32 Å². The second kappa shape index (κ2) is 8.23. The molecule has 108 valence electrons. The van der Waals surface area contributed by atoms with Crippen molar-refractivity contribution in [2.45, 2.75) is 46.1 Å². The molecule has 0 aliphatic rings. The van der Waals surface area contributed by atoms with Gasteiger partial charge in [0.25, 0.3) is 0 Å². The van der Waals surface area contributed by atoms with Crippen LogP contribution in [0.4, 0.5) is 4.39 Å². The molecule has 0 aliphatic heterocycles. The first-order chi connectivity index (χ1) is 8.90. The van der Waals surface area contributed by atoms with Crippen molar-refractivity contribution < 1.29 is 4.39 Å². The lowest BCUT2D eigenvalue weighted by Gasteiger charge is -2.14. The second-order valence-electron chi connectivity index (χ2n) is 5.40. The highest BCUT2D eigenvalue weighted by molar-refractivity contribution is 9.10. The Hall–Kier alpha value is -0.120. The molecule has 0 heterocycles. The van der Waals surface area contributed by atoms with Crippen LogP contribution in [0.3, 0.4) is 0 Å². The van der Waals surface area contributed by atoms with Crippen LogP contribution in [0.1, 0.15) is 39.2 Å². The molecule has 1 aromatic carbocycles. The second-order valence-corrected chi connectivity index (χ2v) is 6.66. The monoisotopic (exact) mass is 349 g/mol. The number of benzene rings is 1. The van der Waals surface area contributed by atoms with Crippen molar-refractivity contribution in [1.29, 1.82) is 0 Å². The van der Waals surface area contributed by atoms with Crippen LogP contribution in [0.5, 0.6) is 0 Å². The maximum Gasteiger partial charge on any atom is 0.127 e. The number of hydrogen-bond donors (Lipinski definition) is 1. The minimum Gasteiger partial charge on any atom is -0.315 e. The lowest BCUT2D eigenvalue weighted by Crippen LogP contribution is -2.25. The lowest BCUT2D eigenvalue weighted by atomic mass is 9.98. The van der Waals surface area contributed by atoms with Gasteiger partial charge in [0.2, 0.25) is 0 Å². The van der Waals surface area contributed by atoms with Gasteiger partial charge in [-0.25, -0.2) is 4.39 Å². The van der Waals surface area contributed by atoms with Crippen molar-refractivity contribution in [2.24, 2.45) is 5.92 Å². The van der Waals surface area contributed by atoms with Crippen molar-refractivity contribution in [3.8, 4) is 0 Å². The third kappa shape index (κ3) is 6.24. The molecule has 0 aromatic heterocycles. The summed E-state index contributed by atoms with van der Waals surface area (Å²) in [5.41, 5.74) is 0.705. The van der Waals surface area contributed by atoms with Gasteiger partial charge >= 0.3 is 0 Å². The van der Waals surface area contributed by atoms with Crippen LogP contribution in [-0.2, 0) is 6.42 Å². The van der Waals surface area contributed by atoms with E-state index in [0.29, 0.717) is 27.0 Å². The van der Waals surface area contributed by atoms with Gasteiger partial charge in [0.15, 0.2) is 0 Å². The zero-order valence-corrected chi connectivity index (χ0v) is 14.1. The summed E-state index contributed by atoms with van der Waals surface area (Å²) in [6.45, 7) is 7.51. The fourth-order valence-corrected chi connectivity index (χ4v) is 2.42. The average molecular weight is 351 g/mol. The summed E-state index contributed by atoms with van der Waals surface area (Å²) >= 11 is 9.22. The Bertz CT molecular complexity index is 409. The van der Waals surface area contributed by atoms with Gasteiger partial charge in [0.1, 0.15) is 5.82 Å². The molecule has 0 saturated carbocycles. The molecule has 0 bridgehead atoms. The summed E-state index contributed by atoms with van der Waals surface area (Å²) in [5, 5.41) is 3.98. The molecule has 1 nitrogen and oxygen atoms in total. The van der Waals surface area contributed by atoms with Gasteiger partial charge in [-0.2, -0.15) is 0 Å². The summed E-state index contributed by atoms with van der Waals surface area (Å²) in [7, 11) is 0. The van der Waals surface area contributed by atoms with Gasteiger partial charge in [-0.3, -0.25) is 0 Å². The molecule has 0 aliphatic carbocycles. The van der Waals surface area contributed by atoms with E-state index in [1.165, 1.54) is 6.07 Å². The summed E-state index contributed by atoms with van der Waals surface area (Å²) in [5.74, 6) is 0.400. The van der Waals surface area contributed by atoms with Crippen LogP contribution in [0.2, 0.25) is 5.02 Å². The molecular weight excluding hydrogens is 329 g/mol. The van der Waals surface area contributed by atoms with Gasteiger partial charge in [0.05, 0.1) is 5.02 Å². The smallest absolute Gasteiger partial charge is 0.127 e. The molecule has 0 radical (unpaired) electrons. The summed E-state index contributed by atoms with van der Waals surface area (Å²) in [4.78, 5) is 0. The Morgan fingerprint density at radius 2 is 1.95 bits per heavy atom. The van der Waals surface area contributed by atoms with Gasteiger partial charge in [-0.1, -0.05) is 32.4 Å². The van der Waals surface area contributed by atoms with E-state index in [9.17, 15) is 4.39 Å². The normalized spacial score (nSPS) is 13.0. The minimum atomic E-state index is -0.177. The van der Waals surface area contributed by atoms with E-state index in [2.05, 4.69) is 42.0 Å². The Morgan fingerprint density at radius 3 is 2.58 bits per heavy atom. The van der Waals surface area contributed by atoms with Gasteiger partial charge in [-0.15, -0.1) is 0 Å². The number of hydrogen-bond acceptors (Lipinski definition) is 1. The molecule has 1 aromatic rings. The number of nitrogens with one attached hydrogen (secondary N) is 1. The van der Waals surface area contributed by atoms with Crippen LogP contribution in [-0.4, -0.2) is 12.6 Å². The van der Waals surface area contributed by atoms with E-state index in [1.54, 1.807) is 6.07 Å². The molecule has 19 heavy (non-hydrogen) atoms. The van der Waals surface area contributed by atoms with Gasteiger partial charge < -0.3 is 5.32 Å². The molecule has 0 saturated heterocycles. The third-order valence-electron chi connectivity index (χ3n) is 3.19. The lowest BCUT2D eigenvalue weighted by molar-refractivity contribution is 0.450. The van der Waals surface area contributed by atoms with E-state index in [0.717, 1.165) is 25.8 Å². The van der Waals surface area contributed by atoms with Crippen LogP contribution in [0, 0.1) is 11.7 Å². The fourth-order valence-electron chi connectivity index (χ4n) is 1.92. The number of halogens is 3. The first-order valence-electron chi connectivity index (χ1n) is 6.77. The molecule has 0 fully saturated rings. The highest BCUT2D eigenvalue weighted by Crippen LogP contribution is 2.27. The van der Waals surface area contributed by atoms with Gasteiger partial charge in [-0.05, 0) is 65.4 Å². The average Bonchev–Trinajstić information content (AvgIpc) is 2.31. The Morgan fingerprint density at radius 1 is 1.26 bits per heavy atom. The summed E-state index contributed by atoms with van der Waals surface area (Å²) < 4.78 is 14.4. The van der Waals surface area contributed by atoms with Crippen molar-refractivity contribution in [1.82, 2.24) is 5.32 Å². The van der Waals surface area contributed by atoms with E-state index < -0.39 is 0 Å². The van der Waals surface area contributed by atoms with Crippen molar-refractivity contribution in [3.05, 3.63) is 33.0 Å². The minimum absolute atomic E-state index is 0.177. The third-order valence-corrected chi connectivity index (χ3v) is 4.38. The molecule has 1 rings (SSSR count). The van der Waals surface area contributed by atoms with Crippen molar-refractivity contribution >= 4 is 27.5 Å². The molecule has 0 spiro atoms. The standard InChI is InChI=1S/C15H22BrClFN/c1-10(2)19-7-6-11(3)4-5-12-8-14(17)13(16)9-15(12)18/h8-11,19H,4-7H2,1-3H3. The van der Waals surface area contributed by atoms with Crippen LogP contribution >= 0.6 is 27.5 Å². The number of aryl methyl sites for hydroxylation is 1. The van der Waals surface area contributed by atoms with E-state index in [1.807, 2.05) is 0 Å². The topological polar surface area (TPSA) is 12.0 Å². The van der Waals surface area contributed by atoms with E-state index in [-0.39, 0.29) is 5.82 Å². The van der Waals surface area contributed by atoms with Crippen molar-refractivity contribution in [2.75, 3.05) is 6.54 Å². The first-order valence-corrected chi connectivity index (χ1v) is 7.94. The van der Waals surface area contributed by atoms with Crippen LogP contribution in [0.15, 0.2) is 16.6 Å². The zero-order chi connectivity index (χ0) is 14.4. The largest absolute Gasteiger partial charge is 0.315 e. The van der Waals surface area contributed by atoms with E-state index in [4.69, 9.17) is 11.6 Å². The molecule has 4 heteroatoms. The predicted octanol–water partition coefficient (Wildman–Crippen LogP) is 5.20. The molecule has 1 N–H and O–H groups in total. The first kappa shape index (κ1) is 16.9. The Kier molecular flexibility index (Phi) is 7.33. The van der Waals surface area contributed by atoms with Gasteiger partial charge in [0, 0.05) is 10.5 Å². The van der Waals surface area contributed by atoms with Crippen LogP contribution in [0.25, 0.3) is 0 Å². The number of rotatable bonds is 7. The highest BCUT2D eigenvalue weighted by Gasteiger charge is 2.09. The zero-order valence-electron chi connectivity index (χ0n) is 11.8. The maximum atomic E-state index is 13.7. The molecule has 1 atom stereocenters. The molecule has 0 amide bonds. The van der Waals surface area contributed by atoms with E-state index >= 15 is 0 Å².